The van der Waals surface area contributed by atoms with Crippen LogP contribution < -0.4 is 5.73 Å². The van der Waals surface area contributed by atoms with Crippen molar-refractivity contribution in [3.05, 3.63) is 21.9 Å². The van der Waals surface area contributed by atoms with Gasteiger partial charge < -0.3 is 10.5 Å². The smallest absolute Gasteiger partial charge is 0.0903 e. The molecule has 2 rings (SSSR count). The van der Waals surface area contributed by atoms with Crippen LogP contribution in [-0.4, -0.2) is 36.7 Å². The van der Waals surface area contributed by atoms with Crippen molar-refractivity contribution in [2.24, 2.45) is 5.73 Å². The third-order valence-corrected chi connectivity index (χ3v) is 4.58. The molecule has 0 aromatic carbocycles. The van der Waals surface area contributed by atoms with Crippen molar-refractivity contribution in [2.75, 3.05) is 19.7 Å². The Labute approximate surface area is 108 Å². The second-order valence-corrected chi connectivity index (χ2v) is 5.94. The molecule has 1 aliphatic heterocycles. The largest absolute Gasteiger partial charge is 0.374 e. The van der Waals surface area contributed by atoms with E-state index in [9.17, 15) is 0 Å². The van der Waals surface area contributed by atoms with Crippen LogP contribution in [0.25, 0.3) is 0 Å². The van der Waals surface area contributed by atoms with Gasteiger partial charge in [-0.05, 0) is 37.8 Å². The number of nitrogens with two attached hydrogens (primary N) is 1. The molecule has 2 heterocycles. The van der Waals surface area contributed by atoms with Crippen molar-refractivity contribution < 1.29 is 4.74 Å². The lowest BCUT2D eigenvalue weighted by molar-refractivity contribution is -0.0498. The fourth-order valence-electron chi connectivity index (χ4n) is 2.28. The van der Waals surface area contributed by atoms with Gasteiger partial charge in [0, 0.05) is 24.0 Å². The van der Waals surface area contributed by atoms with Crippen molar-refractivity contribution >= 4 is 11.3 Å². The van der Waals surface area contributed by atoms with Gasteiger partial charge >= 0.3 is 0 Å². The first kappa shape index (κ1) is 13.0. The normalized spacial score (nSPS) is 24.2. The van der Waals surface area contributed by atoms with Crippen molar-refractivity contribution in [3.63, 3.8) is 0 Å². The van der Waals surface area contributed by atoms with Gasteiger partial charge in [-0.25, -0.2) is 0 Å². The van der Waals surface area contributed by atoms with Crippen LogP contribution in [0.4, 0.5) is 0 Å². The Morgan fingerprint density at radius 3 is 2.88 bits per heavy atom. The van der Waals surface area contributed by atoms with Gasteiger partial charge in [0.2, 0.25) is 0 Å². The quantitative estimate of drug-likeness (QED) is 0.898. The Hall–Kier alpha value is -0.420. The lowest BCUT2D eigenvalue weighted by Crippen LogP contribution is -2.49. The highest BCUT2D eigenvalue weighted by Gasteiger charge is 2.29. The summed E-state index contributed by atoms with van der Waals surface area (Å²) in [6.45, 7) is 9.32. The van der Waals surface area contributed by atoms with Crippen LogP contribution >= 0.6 is 11.3 Å². The first-order valence-corrected chi connectivity index (χ1v) is 7.12. The Balaban J connectivity index is 2.05. The molecule has 17 heavy (non-hydrogen) atoms. The fourth-order valence-corrected chi connectivity index (χ4v) is 3.26. The number of ether oxygens (including phenoxy) is 1. The van der Waals surface area contributed by atoms with Gasteiger partial charge in [-0.1, -0.05) is 0 Å². The maximum atomic E-state index is 6.34. The number of aryl methyl sites for hydroxylation is 1. The van der Waals surface area contributed by atoms with Gasteiger partial charge in [-0.15, -0.1) is 11.3 Å². The van der Waals surface area contributed by atoms with E-state index in [0.29, 0.717) is 6.04 Å². The monoisotopic (exact) mass is 254 g/mol. The second-order valence-electron chi connectivity index (χ2n) is 4.99. The predicted molar refractivity (Wildman–Crippen MR) is 72.4 cm³/mol. The third kappa shape index (κ3) is 2.88. The lowest BCUT2D eigenvalue weighted by Gasteiger charge is -2.37. The highest BCUT2D eigenvalue weighted by molar-refractivity contribution is 7.10. The standard InChI is InChI=1S/C13H22N2OS/c1-9(2)15-5-6-16-11(8-15)12(14)13-10(3)4-7-17-13/h4,7,9,11-12H,5-6,8,14H2,1-3H3. The molecule has 0 aliphatic carbocycles. The summed E-state index contributed by atoms with van der Waals surface area (Å²) in [6, 6.07) is 2.71. The van der Waals surface area contributed by atoms with E-state index >= 15 is 0 Å². The Morgan fingerprint density at radius 1 is 1.53 bits per heavy atom. The van der Waals surface area contributed by atoms with E-state index in [1.165, 1.54) is 10.4 Å². The van der Waals surface area contributed by atoms with Gasteiger partial charge in [-0.3, -0.25) is 4.90 Å². The van der Waals surface area contributed by atoms with Gasteiger partial charge in [-0.2, -0.15) is 0 Å². The molecule has 0 radical (unpaired) electrons. The minimum atomic E-state index is 0.0107. The molecule has 4 heteroatoms. The minimum absolute atomic E-state index is 0.0107. The molecule has 96 valence electrons. The van der Waals surface area contributed by atoms with E-state index in [-0.39, 0.29) is 12.1 Å². The van der Waals surface area contributed by atoms with Gasteiger partial charge in [0.15, 0.2) is 0 Å². The summed E-state index contributed by atoms with van der Waals surface area (Å²) in [5.41, 5.74) is 7.62. The average Bonchev–Trinajstić information content (AvgIpc) is 2.74. The number of morpholine rings is 1. The number of thiophene rings is 1. The first-order valence-electron chi connectivity index (χ1n) is 6.25. The summed E-state index contributed by atoms with van der Waals surface area (Å²) in [6.07, 6.45) is 0.128. The number of hydrogen-bond acceptors (Lipinski definition) is 4. The minimum Gasteiger partial charge on any atom is -0.374 e. The molecule has 0 spiro atoms. The summed E-state index contributed by atoms with van der Waals surface area (Å²) >= 11 is 1.74. The summed E-state index contributed by atoms with van der Waals surface area (Å²) in [5.74, 6) is 0. The molecule has 1 saturated heterocycles. The molecular weight excluding hydrogens is 232 g/mol. The molecule has 0 amide bonds. The summed E-state index contributed by atoms with van der Waals surface area (Å²) in [5, 5.41) is 2.10. The van der Waals surface area contributed by atoms with Gasteiger partial charge in [0.05, 0.1) is 18.8 Å². The topological polar surface area (TPSA) is 38.5 Å². The van der Waals surface area contributed by atoms with Gasteiger partial charge in [0.1, 0.15) is 0 Å². The molecule has 2 N–H and O–H groups in total. The predicted octanol–water partition coefficient (Wildman–Crippen LogP) is 2.17. The Bertz CT molecular complexity index is 364. The van der Waals surface area contributed by atoms with Crippen LogP contribution in [0.1, 0.15) is 30.3 Å². The van der Waals surface area contributed by atoms with Crippen LogP contribution in [0.2, 0.25) is 0 Å². The van der Waals surface area contributed by atoms with E-state index in [2.05, 4.69) is 37.1 Å². The highest BCUT2D eigenvalue weighted by Crippen LogP contribution is 2.27. The van der Waals surface area contributed by atoms with Gasteiger partial charge in [0.25, 0.3) is 0 Å². The molecule has 2 unspecified atom stereocenters. The molecule has 1 aliphatic rings. The van der Waals surface area contributed by atoms with Crippen molar-refractivity contribution in [2.45, 2.75) is 39.0 Å². The SMILES string of the molecule is Cc1ccsc1C(N)C1CN(C(C)C)CCO1. The lowest BCUT2D eigenvalue weighted by atomic mass is 10.1. The molecular formula is C13H22N2OS. The van der Waals surface area contributed by atoms with Crippen molar-refractivity contribution in [1.29, 1.82) is 0 Å². The number of hydrogen-bond donors (Lipinski definition) is 1. The van der Waals surface area contributed by atoms with Crippen molar-refractivity contribution in [3.8, 4) is 0 Å². The first-order chi connectivity index (χ1) is 8.09. The zero-order valence-electron chi connectivity index (χ0n) is 10.8. The van der Waals surface area contributed by atoms with E-state index in [4.69, 9.17) is 10.5 Å². The van der Waals surface area contributed by atoms with E-state index in [1.807, 2.05) is 0 Å². The van der Waals surface area contributed by atoms with E-state index < -0.39 is 0 Å². The summed E-state index contributed by atoms with van der Waals surface area (Å²) in [4.78, 5) is 3.71. The Kier molecular flexibility index (Phi) is 4.20. The zero-order chi connectivity index (χ0) is 12.4. The number of rotatable bonds is 3. The van der Waals surface area contributed by atoms with Crippen LogP contribution in [0.5, 0.6) is 0 Å². The van der Waals surface area contributed by atoms with Crippen LogP contribution in [0.15, 0.2) is 11.4 Å². The third-order valence-electron chi connectivity index (χ3n) is 3.46. The highest BCUT2D eigenvalue weighted by atomic mass is 32.1. The maximum absolute atomic E-state index is 6.34. The van der Waals surface area contributed by atoms with Crippen molar-refractivity contribution in [1.82, 2.24) is 4.90 Å². The fraction of sp³-hybridized carbons (Fsp3) is 0.692. The maximum Gasteiger partial charge on any atom is 0.0903 e. The zero-order valence-corrected chi connectivity index (χ0v) is 11.7. The molecule has 0 bridgehead atoms. The van der Waals surface area contributed by atoms with Crippen LogP contribution in [0.3, 0.4) is 0 Å². The molecule has 1 aromatic rings. The van der Waals surface area contributed by atoms with E-state index in [0.717, 1.165) is 19.7 Å². The summed E-state index contributed by atoms with van der Waals surface area (Å²) in [7, 11) is 0. The molecule has 0 saturated carbocycles. The molecule has 1 fully saturated rings. The number of nitrogens with zero attached hydrogens (tertiary/aromatic N) is 1. The molecule has 3 nitrogen and oxygen atoms in total. The summed E-state index contributed by atoms with van der Waals surface area (Å²) < 4.78 is 5.84. The van der Waals surface area contributed by atoms with E-state index in [1.54, 1.807) is 11.3 Å². The van der Waals surface area contributed by atoms with Crippen LogP contribution in [0, 0.1) is 6.92 Å². The second kappa shape index (κ2) is 5.48. The molecule has 1 aromatic heterocycles. The average molecular weight is 254 g/mol. The Morgan fingerprint density at radius 2 is 2.29 bits per heavy atom. The molecule has 2 atom stereocenters. The van der Waals surface area contributed by atoms with Crippen LogP contribution in [-0.2, 0) is 4.74 Å².